The Bertz CT molecular complexity index is 986. The molecule has 7 nitrogen and oxygen atoms in total. The van der Waals surface area contributed by atoms with Gasteiger partial charge in [0.05, 0.1) is 16.6 Å². The normalized spacial score (nSPS) is 10.4. The van der Waals surface area contributed by atoms with Crippen LogP contribution in [0.3, 0.4) is 0 Å². The Morgan fingerprint density at radius 2 is 1.75 bits per heavy atom. The SMILES string of the molecule is Cc1ccc(OCC(=O)NNC(=S)NC(=O)c2cc(Br)ccc2OCCC(C)C)c(Br)c1. The molecule has 0 atom stereocenters. The fraction of sp³-hybridized carbons (Fsp3) is 0.318. The Labute approximate surface area is 209 Å². The topological polar surface area (TPSA) is 88.7 Å². The van der Waals surface area contributed by atoms with Crippen LogP contribution in [-0.4, -0.2) is 30.1 Å². The predicted octanol–water partition coefficient (Wildman–Crippen LogP) is 4.66. The second kappa shape index (κ2) is 12.8. The second-order valence-corrected chi connectivity index (χ2v) is 9.53. The molecule has 2 aromatic rings. The van der Waals surface area contributed by atoms with Crippen molar-refractivity contribution in [2.75, 3.05) is 13.2 Å². The predicted molar refractivity (Wildman–Crippen MR) is 135 cm³/mol. The van der Waals surface area contributed by atoms with Crippen LogP contribution in [0.15, 0.2) is 45.3 Å². The van der Waals surface area contributed by atoms with E-state index >= 15 is 0 Å². The maximum absolute atomic E-state index is 12.7. The lowest BCUT2D eigenvalue weighted by Crippen LogP contribution is -2.49. The summed E-state index contributed by atoms with van der Waals surface area (Å²) in [6.45, 7) is 6.42. The molecule has 0 spiro atoms. The second-order valence-electron chi connectivity index (χ2n) is 7.35. The largest absolute Gasteiger partial charge is 0.493 e. The Kier molecular flexibility index (Phi) is 10.4. The summed E-state index contributed by atoms with van der Waals surface area (Å²) in [5.41, 5.74) is 6.27. The molecule has 0 saturated heterocycles. The van der Waals surface area contributed by atoms with Crippen LogP contribution < -0.4 is 25.6 Å². The van der Waals surface area contributed by atoms with Gasteiger partial charge in [-0.05, 0) is 83.3 Å². The fourth-order valence-corrected chi connectivity index (χ4v) is 3.55. The van der Waals surface area contributed by atoms with Gasteiger partial charge in [0, 0.05) is 4.47 Å². The van der Waals surface area contributed by atoms with Crippen LogP contribution in [0.25, 0.3) is 0 Å². The molecule has 2 amide bonds. The number of nitrogens with one attached hydrogen (secondary N) is 3. The van der Waals surface area contributed by atoms with E-state index in [9.17, 15) is 9.59 Å². The van der Waals surface area contributed by atoms with Gasteiger partial charge in [-0.25, -0.2) is 0 Å². The van der Waals surface area contributed by atoms with E-state index in [4.69, 9.17) is 21.7 Å². The van der Waals surface area contributed by atoms with Gasteiger partial charge in [0.25, 0.3) is 11.8 Å². The van der Waals surface area contributed by atoms with Gasteiger partial charge in [-0.3, -0.25) is 25.8 Å². The number of aryl methyl sites for hydroxylation is 1. The Hall–Kier alpha value is -2.17. The van der Waals surface area contributed by atoms with Crippen LogP contribution in [0.2, 0.25) is 0 Å². The van der Waals surface area contributed by atoms with Gasteiger partial charge in [0.15, 0.2) is 11.7 Å². The summed E-state index contributed by atoms with van der Waals surface area (Å²) < 4.78 is 12.7. The highest BCUT2D eigenvalue weighted by atomic mass is 79.9. The molecule has 10 heteroatoms. The van der Waals surface area contributed by atoms with E-state index in [1.165, 1.54) is 0 Å². The number of hydrazine groups is 1. The Morgan fingerprint density at radius 1 is 1.03 bits per heavy atom. The number of ether oxygens (including phenoxy) is 2. The van der Waals surface area contributed by atoms with Crippen molar-refractivity contribution < 1.29 is 19.1 Å². The third-order valence-corrected chi connectivity index (χ3v) is 5.44. The minimum Gasteiger partial charge on any atom is -0.493 e. The summed E-state index contributed by atoms with van der Waals surface area (Å²) in [6, 6.07) is 10.7. The first-order valence-electron chi connectivity index (χ1n) is 9.87. The molecule has 0 aliphatic carbocycles. The van der Waals surface area contributed by atoms with Gasteiger partial charge < -0.3 is 9.47 Å². The summed E-state index contributed by atoms with van der Waals surface area (Å²) in [4.78, 5) is 24.7. The first kappa shape index (κ1) is 26.1. The summed E-state index contributed by atoms with van der Waals surface area (Å²) in [7, 11) is 0. The van der Waals surface area contributed by atoms with Crippen molar-refractivity contribution in [2.45, 2.75) is 27.2 Å². The lowest BCUT2D eigenvalue weighted by Gasteiger charge is -2.15. The van der Waals surface area contributed by atoms with E-state index in [-0.39, 0.29) is 11.7 Å². The van der Waals surface area contributed by atoms with Gasteiger partial charge in [-0.15, -0.1) is 0 Å². The van der Waals surface area contributed by atoms with E-state index < -0.39 is 11.8 Å². The van der Waals surface area contributed by atoms with Crippen molar-refractivity contribution >= 4 is 61.0 Å². The van der Waals surface area contributed by atoms with E-state index in [1.54, 1.807) is 24.3 Å². The minimum absolute atomic E-state index is 0.0621. The summed E-state index contributed by atoms with van der Waals surface area (Å²) in [5, 5.41) is 2.46. The average Bonchev–Trinajstić information content (AvgIpc) is 2.72. The van der Waals surface area contributed by atoms with Crippen molar-refractivity contribution in [1.29, 1.82) is 0 Å². The molecule has 2 rings (SSSR count). The number of halogens is 2. The quantitative estimate of drug-likeness (QED) is 0.308. The van der Waals surface area contributed by atoms with Crippen LogP contribution in [-0.2, 0) is 4.79 Å². The summed E-state index contributed by atoms with van der Waals surface area (Å²) in [5.74, 6) is 0.558. The number of carbonyl (C=O) groups excluding carboxylic acids is 2. The number of benzene rings is 2. The number of hydrogen-bond donors (Lipinski definition) is 3. The number of rotatable bonds is 8. The smallest absolute Gasteiger partial charge is 0.276 e. The number of amides is 2. The minimum atomic E-state index is -0.464. The molecule has 3 N–H and O–H groups in total. The zero-order valence-electron chi connectivity index (χ0n) is 18.0. The molecule has 0 aromatic heterocycles. The van der Waals surface area contributed by atoms with Crippen molar-refractivity contribution in [3.8, 4) is 11.5 Å². The van der Waals surface area contributed by atoms with Crippen LogP contribution in [0.5, 0.6) is 11.5 Å². The first-order chi connectivity index (χ1) is 15.2. The molecule has 0 radical (unpaired) electrons. The molecular weight excluding hydrogens is 562 g/mol. The highest BCUT2D eigenvalue weighted by molar-refractivity contribution is 9.10. The lowest BCUT2D eigenvalue weighted by atomic mass is 10.1. The molecule has 0 aliphatic heterocycles. The van der Waals surface area contributed by atoms with Gasteiger partial charge >= 0.3 is 0 Å². The average molecular weight is 587 g/mol. The molecule has 32 heavy (non-hydrogen) atoms. The fourth-order valence-electron chi connectivity index (χ4n) is 2.44. The molecular formula is C22H25Br2N3O4S. The van der Waals surface area contributed by atoms with Crippen LogP contribution in [0.4, 0.5) is 0 Å². The van der Waals surface area contributed by atoms with Crippen LogP contribution >= 0.6 is 44.1 Å². The molecule has 0 unspecified atom stereocenters. The van der Waals surface area contributed by atoms with E-state index in [2.05, 4.69) is 61.9 Å². The van der Waals surface area contributed by atoms with Crippen molar-refractivity contribution in [3.63, 3.8) is 0 Å². The summed E-state index contributed by atoms with van der Waals surface area (Å²) in [6.07, 6.45) is 0.865. The summed E-state index contributed by atoms with van der Waals surface area (Å²) >= 11 is 11.8. The third kappa shape index (κ3) is 8.76. The first-order valence-corrected chi connectivity index (χ1v) is 11.9. The van der Waals surface area contributed by atoms with Crippen LogP contribution in [0, 0.1) is 12.8 Å². The van der Waals surface area contributed by atoms with Gasteiger partial charge in [0.2, 0.25) is 0 Å². The highest BCUT2D eigenvalue weighted by Crippen LogP contribution is 2.26. The Balaban J connectivity index is 1.85. The van der Waals surface area contributed by atoms with E-state index in [0.717, 1.165) is 20.9 Å². The van der Waals surface area contributed by atoms with Gasteiger partial charge in [-0.2, -0.15) is 0 Å². The molecule has 0 heterocycles. The van der Waals surface area contributed by atoms with Crippen LogP contribution in [0.1, 0.15) is 36.2 Å². The third-order valence-electron chi connectivity index (χ3n) is 4.13. The van der Waals surface area contributed by atoms with Gasteiger partial charge in [0.1, 0.15) is 11.5 Å². The molecule has 0 bridgehead atoms. The van der Waals surface area contributed by atoms with E-state index in [1.807, 2.05) is 19.1 Å². The highest BCUT2D eigenvalue weighted by Gasteiger charge is 2.15. The molecule has 0 saturated carbocycles. The molecule has 2 aromatic carbocycles. The monoisotopic (exact) mass is 585 g/mol. The number of hydrogen-bond acceptors (Lipinski definition) is 5. The standard InChI is InChI=1S/C22H25Br2N3O4S/c1-13(2)8-9-30-18-7-5-15(23)11-16(18)21(29)25-22(32)27-26-20(28)12-31-19-6-4-14(3)10-17(19)24/h4-7,10-11,13H,8-9,12H2,1-3H3,(H,26,28)(H2,25,27,29,32). The lowest BCUT2D eigenvalue weighted by molar-refractivity contribution is -0.123. The zero-order valence-corrected chi connectivity index (χ0v) is 21.9. The number of thiocarbonyl (C=S) groups is 1. The molecule has 0 aliphatic rings. The van der Waals surface area contributed by atoms with Gasteiger partial charge in [-0.1, -0.05) is 35.8 Å². The van der Waals surface area contributed by atoms with Crippen molar-refractivity contribution in [3.05, 3.63) is 56.5 Å². The zero-order chi connectivity index (χ0) is 23.7. The van der Waals surface area contributed by atoms with Crippen molar-refractivity contribution in [2.24, 2.45) is 5.92 Å². The Morgan fingerprint density at radius 3 is 2.44 bits per heavy atom. The molecule has 0 fully saturated rings. The maximum Gasteiger partial charge on any atom is 0.276 e. The molecule has 172 valence electrons. The van der Waals surface area contributed by atoms with Crippen molar-refractivity contribution in [1.82, 2.24) is 16.2 Å². The number of carbonyl (C=O) groups is 2. The maximum atomic E-state index is 12.7. The van der Waals surface area contributed by atoms with E-state index in [0.29, 0.717) is 29.6 Å².